The number of nitrogens with one attached hydrogen (secondary N) is 1. The molecule has 20 heavy (non-hydrogen) atoms. The summed E-state index contributed by atoms with van der Waals surface area (Å²) in [6.45, 7) is -0.402. The molecule has 0 heterocycles. The largest absolute Gasteiger partial charge is 0.478 e. The summed E-state index contributed by atoms with van der Waals surface area (Å²) >= 11 is 3.01. The fraction of sp³-hybridized carbons (Fsp3) is 0.200. The van der Waals surface area contributed by atoms with Crippen LogP contribution in [0.5, 0.6) is 0 Å². The van der Waals surface area contributed by atoms with E-state index in [1.807, 2.05) is 0 Å². The van der Waals surface area contributed by atoms with Crippen molar-refractivity contribution in [3.63, 3.8) is 0 Å². The highest BCUT2D eigenvalue weighted by Gasteiger charge is 2.17. The number of aromatic carboxylic acids is 1. The van der Waals surface area contributed by atoms with E-state index in [9.17, 15) is 18.0 Å². The van der Waals surface area contributed by atoms with E-state index in [1.165, 1.54) is 12.1 Å². The van der Waals surface area contributed by atoms with Crippen LogP contribution in [-0.2, 0) is 14.8 Å². The van der Waals surface area contributed by atoms with E-state index < -0.39 is 22.1 Å². The van der Waals surface area contributed by atoms with Crippen LogP contribution in [0.15, 0.2) is 27.6 Å². The highest BCUT2D eigenvalue weighted by molar-refractivity contribution is 9.10. The lowest BCUT2D eigenvalue weighted by Crippen LogP contribution is -2.29. The van der Waals surface area contributed by atoms with Gasteiger partial charge in [0.2, 0.25) is 10.0 Å². The molecule has 1 rings (SSSR count). The zero-order chi connectivity index (χ0) is 15.3. The molecule has 4 N–H and O–H groups in total. The van der Waals surface area contributed by atoms with Gasteiger partial charge in [-0.3, -0.25) is 0 Å². The minimum Gasteiger partial charge on any atom is -0.478 e. The molecule has 0 fully saturated rings. The predicted octanol–water partition coefficient (Wildman–Crippen LogP) is 0.521. The number of hydrogen-bond acceptors (Lipinski definition) is 5. The Bertz CT molecular complexity index is 631. The zero-order valence-electron chi connectivity index (χ0n) is 10.00. The van der Waals surface area contributed by atoms with Crippen LogP contribution in [0.3, 0.4) is 0 Å². The molecule has 0 bridgehead atoms. The number of carboxylic acids is 1. The molecule has 1 amide bonds. The fourth-order valence-corrected chi connectivity index (χ4v) is 2.70. The highest BCUT2D eigenvalue weighted by atomic mass is 79.9. The van der Waals surface area contributed by atoms with E-state index >= 15 is 0 Å². The van der Waals surface area contributed by atoms with Crippen molar-refractivity contribution in [1.29, 1.82) is 0 Å². The topological polar surface area (TPSA) is 136 Å². The summed E-state index contributed by atoms with van der Waals surface area (Å²) in [5, 5.41) is 8.91. The summed E-state index contributed by atoms with van der Waals surface area (Å²) in [7, 11) is -3.90. The van der Waals surface area contributed by atoms with Gasteiger partial charge in [0.25, 0.3) is 0 Å². The Morgan fingerprint density at radius 3 is 2.60 bits per heavy atom. The Hall–Kier alpha value is -1.65. The fourth-order valence-electron chi connectivity index (χ4n) is 1.25. The number of carbonyl (C=O) groups is 2. The summed E-state index contributed by atoms with van der Waals surface area (Å²) in [5.41, 5.74) is 4.53. The van der Waals surface area contributed by atoms with Crippen molar-refractivity contribution in [3.8, 4) is 0 Å². The number of halogens is 1. The molecule has 0 saturated heterocycles. The number of nitrogens with two attached hydrogens (primary N) is 1. The van der Waals surface area contributed by atoms with Crippen molar-refractivity contribution in [1.82, 2.24) is 4.72 Å². The first-order chi connectivity index (χ1) is 9.24. The molecule has 10 heteroatoms. The SMILES string of the molecule is NC(=O)OCCNS(=O)(=O)c1ccc(Br)c(C(=O)O)c1. The third-order valence-corrected chi connectivity index (χ3v) is 4.27. The first kappa shape index (κ1) is 16.4. The van der Waals surface area contributed by atoms with Crippen molar-refractivity contribution >= 4 is 38.0 Å². The molecule has 0 radical (unpaired) electrons. The number of hydrogen-bond donors (Lipinski definition) is 3. The molecule has 0 aliphatic carbocycles. The van der Waals surface area contributed by atoms with Crippen molar-refractivity contribution in [2.45, 2.75) is 4.90 Å². The monoisotopic (exact) mass is 366 g/mol. The van der Waals surface area contributed by atoms with E-state index in [1.54, 1.807) is 0 Å². The number of amides is 1. The van der Waals surface area contributed by atoms with E-state index in [0.29, 0.717) is 0 Å². The summed E-state index contributed by atoms with van der Waals surface area (Å²) in [6.07, 6.45) is -1.01. The van der Waals surface area contributed by atoms with Gasteiger partial charge < -0.3 is 15.6 Å². The van der Waals surface area contributed by atoms with E-state index in [4.69, 9.17) is 10.8 Å². The lowest BCUT2D eigenvalue weighted by atomic mass is 10.2. The van der Waals surface area contributed by atoms with E-state index in [2.05, 4.69) is 25.4 Å². The molecule has 0 aliphatic rings. The van der Waals surface area contributed by atoms with Crippen LogP contribution in [0.4, 0.5) is 4.79 Å². The van der Waals surface area contributed by atoms with E-state index in [-0.39, 0.29) is 28.1 Å². The van der Waals surface area contributed by atoms with Crippen LogP contribution >= 0.6 is 15.9 Å². The lowest BCUT2D eigenvalue weighted by Gasteiger charge is -2.08. The minimum atomic E-state index is -3.90. The second kappa shape index (κ2) is 6.68. The van der Waals surface area contributed by atoms with E-state index in [0.717, 1.165) is 6.07 Å². The average molecular weight is 367 g/mol. The molecular weight excluding hydrogens is 356 g/mol. The van der Waals surface area contributed by atoms with Gasteiger partial charge in [0.15, 0.2) is 0 Å². The summed E-state index contributed by atoms with van der Waals surface area (Å²) in [5.74, 6) is -1.26. The number of ether oxygens (including phenoxy) is 1. The first-order valence-corrected chi connectivity index (χ1v) is 7.46. The normalized spacial score (nSPS) is 11.1. The smallest absolute Gasteiger partial charge is 0.404 e. The zero-order valence-corrected chi connectivity index (χ0v) is 12.4. The molecule has 0 aromatic heterocycles. The number of benzene rings is 1. The lowest BCUT2D eigenvalue weighted by molar-refractivity contribution is 0.0695. The van der Waals surface area contributed by atoms with Crippen LogP contribution in [-0.4, -0.2) is 38.7 Å². The van der Waals surface area contributed by atoms with Crippen molar-refractivity contribution in [3.05, 3.63) is 28.2 Å². The van der Waals surface area contributed by atoms with Crippen LogP contribution in [0, 0.1) is 0 Å². The standard InChI is InChI=1S/C10H11BrN2O6S/c11-8-2-1-6(5-7(8)9(14)15)20(17,18)13-3-4-19-10(12)16/h1-2,5,13H,3-4H2,(H2,12,16)(H,14,15). The number of carbonyl (C=O) groups excluding carboxylic acids is 1. The van der Waals surface area contributed by atoms with Gasteiger partial charge in [-0.15, -0.1) is 0 Å². The molecule has 8 nitrogen and oxygen atoms in total. The molecule has 0 atom stereocenters. The average Bonchev–Trinajstić information content (AvgIpc) is 2.34. The maximum Gasteiger partial charge on any atom is 0.404 e. The second-order valence-corrected chi connectivity index (χ2v) is 6.13. The van der Waals surface area contributed by atoms with Gasteiger partial charge in [0, 0.05) is 11.0 Å². The summed E-state index contributed by atoms with van der Waals surface area (Å²) in [6, 6.07) is 3.58. The molecule has 110 valence electrons. The van der Waals surface area contributed by atoms with Gasteiger partial charge in [0.05, 0.1) is 10.5 Å². The number of primary amides is 1. The quantitative estimate of drug-likeness (QED) is 0.627. The van der Waals surface area contributed by atoms with Gasteiger partial charge in [-0.05, 0) is 34.1 Å². The minimum absolute atomic E-state index is 0.177. The van der Waals surface area contributed by atoms with Crippen LogP contribution in [0.1, 0.15) is 10.4 Å². The summed E-state index contributed by atoms with van der Waals surface area (Å²) < 4.78 is 30.5. The molecule has 0 spiro atoms. The molecule has 0 unspecified atom stereocenters. The van der Waals surface area contributed by atoms with Crippen molar-refractivity contribution in [2.75, 3.05) is 13.2 Å². The third-order valence-electron chi connectivity index (χ3n) is 2.12. The van der Waals surface area contributed by atoms with Gasteiger partial charge in [-0.2, -0.15) is 0 Å². The van der Waals surface area contributed by atoms with Crippen LogP contribution < -0.4 is 10.5 Å². The highest BCUT2D eigenvalue weighted by Crippen LogP contribution is 2.20. The van der Waals surface area contributed by atoms with Gasteiger partial charge in [-0.25, -0.2) is 22.7 Å². The maximum absolute atomic E-state index is 11.9. The Morgan fingerprint density at radius 2 is 2.05 bits per heavy atom. The first-order valence-electron chi connectivity index (χ1n) is 5.19. The Balaban J connectivity index is 2.85. The molecule has 0 saturated carbocycles. The van der Waals surface area contributed by atoms with Crippen molar-refractivity contribution < 1.29 is 27.9 Å². The van der Waals surface area contributed by atoms with Crippen LogP contribution in [0.2, 0.25) is 0 Å². The predicted molar refractivity (Wildman–Crippen MR) is 71.8 cm³/mol. The molecule has 1 aromatic carbocycles. The summed E-state index contributed by atoms with van der Waals surface area (Å²) in [4.78, 5) is 21.0. The van der Waals surface area contributed by atoms with Gasteiger partial charge in [0.1, 0.15) is 6.61 Å². The number of rotatable bonds is 6. The molecule has 0 aliphatic heterocycles. The van der Waals surface area contributed by atoms with Crippen LogP contribution in [0.25, 0.3) is 0 Å². The Labute approximate surface area is 123 Å². The second-order valence-electron chi connectivity index (χ2n) is 3.51. The number of carboxylic acid groups (broad SMARTS) is 1. The Morgan fingerprint density at radius 1 is 1.40 bits per heavy atom. The molecular formula is C10H11BrN2O6S. The van der Waals surface area contributed by atoms with Gasteiger partial charge in [-0.1, -0.05) is 0 Å². The number of sulfonamides is 1. The third kappa shape index (κ3) is 4.47. The van der Waals surface area contributed by atoms with Gasteiger partial charge >= 0.3 is 12.1 Å². The maximum atomic E-state index is 11.9. The Kier molecular flexibility index (Phi) is 5.48. The van der Waals surface area contributed by atoms with Crippen molar-refractivity contribution in [2.24, 2.45) is 5.73 Å². The molecule has 1 aromatic rings.